The number of hydrogen-bond donors (Lipinski definition) is 1. The zero-order chi connectivity index (χ0) is 23.2. The predicted octanol–water partition coefficient (Wildman–Crippen LogP) is 5.62. The van der Waals surface area contributed by atoms with Crippen LogP contribution in [0.25, 0.3) is 17.1 Å². The van der Waals surface area contributed by atoms with Crippen molar-refractivity contribution < 1.29 is 9.53 Å². The molecule has 168 valence electrons. The summed E-state index contributed by atoms with van der Waals surface area (Å²) in [5.74, 6) is 1.37. The molecule has 0 bridgehead atoms. The Morgan fingerprint density at radius 1 is 1.06 bits per heavy atom. The predicted molar refractivity (Wildman–Crippen MR) is 133 cm³/mol. The van der Waals surface area contributed by atoms with E-state index < -0.39 is 0 Å². The van der Waals surface area contributed by atoms with Gasteiger partial charge in [-0.15, -0.1) is 0 Å². The first-order chi connectivity index (χ1) is 16.0. The van der Waals surface area contributed by atoms with Gasteiger partial charge in [0, 0.05) is 6.54 Å². The number of para-hydroxylation sites is 2. The molecule has 1 N–H and O–H groups in total. The van der Waals surface area contributed by atoms with E-state index in [0.717, 1.165) is 39.3 Å². The molecule has 4 aromatic rings. The van der Waals surface area contributed by atoms with Crippen molar-refractivity contribution in [2.75, 3.05) is 6.61 Å². The van der Waals surface area contributed by atoms with E-state index in [-0.39, 0.29) is 18.6 Å². The van der Waals surface area contributed by atoms with Crippen molar-refractivity contribution in [3.05, 3.63) is 101 Å². The molecule has 5 nitrogen and oxygen atoms in total. The minimum Gasteiger partial charge on any atom is -0.483 e. The number of fused-ring (bicyclic) bond motifs is 1. The van der Waals surface area contributed by atoms with Crippen molar-refractivity contribution in [2.45, 2.75) is 33.4 Å². The molecule has 4 rings (SSSR count). The number of benzene rings is 3. The van der Waals surface area contributed by atoms with Crippen LogP contribution in [0.2, 0.25) is 0 Å². The minimum absolute atomic E-state index is 0.0389. The molecule has 1 atom stereocenters. The quantitative estimate of drug-likeness (QED) is 0.387. The number of carbonyl (C=O) groups excluding carboxylic acids is 1. The minimum atomic E-state index is -0.266. The Hall–Kier alpha value is -3.86. The summed E-state index contributed by atoms with van der Waals surface area (Å²) in [6, 6.07) is 23.9. The lowest BCUT2D eigenvalue weighted by Gasteiger charge is -2.16. The third-order valence-corrected chi connectivity index (χ3v) is 5.55. The summed E-state index contributed by atoms with van der Waals surface area (Å²) in [5.41, 5.74) is 5.20. The van der Waals surface area contributed by atoms with Gasteiger partial charge in [0.05, 0.1) is 17.1 Å². The molecule has 1 aromatic heterocycles. The molecule has 0 aliphatic carbocycles. The molecule has 0 saturated carbocycles. The number of ether oxygens (including phenoxy) is 1. The van der Waals surface area contributed by atoms with Crippen LogP contribution >= 0.6 is 0 Å². The maximum Gasteiger partial charge on any atom is 0.258 e. The van der Waals surface area contributed by atoms with Gasteiger partial charge >= 0.3 is 0 Å². The lowest BCUT2D eigenvalue weighted by molar-refractivity contribution is -0.123. The van der Waals surface area contributed by atoms with Crippen molar-refractivity contribution >= 4 is 23.0 Å². The van der Waals surface area contributed by atoms with Crippen LogP contribution in [-0.2, 0) is 11.3 Å². The molecule has 0 fully saturated rings. The highest BCUT2D eigenvalue weighted by atomic mass is 16.5. The largest absolute Gasteiger partial charge is 0.483 e. The smallest absolute Gasteiger partial charge is 0.258 e. The normalized spacial score (nSPS) is 12.2. The fraction of sp³-hybridized carbons (Fsp3) is 0.214. The second-order valence-electron chi connectivity index (χ2n) is 8.23. The fourth-order valence-electron chi connectivity index (χ4n) is 3.83. The molecule has 1 amide bonds. The molecular weight excluding hydrogens is 410 g/mol. The van der Waals surface area contributed by atoms with Crippen molar-refractivity contribution in [2.24, 2.45) is 0 Å². The summed E-state index contributed by atoms with van der Waals surface area (Å²) in [5, 5.41) is 3.04. The molecule has 1 heterocycles. The van der Waals surface area contributed by atoms with Crippen molar-refractivity contribution in [3.63, 3.8) is 0 Å². The maximum absolute atomic E-state index is 12.6. The highest BCUT2D eigenvalue weighted by Gasteiger charge is 2.18. The first-order valence-corrected chi connectivity index (χ1v) is 11.2. The van der Waals surface area contributed by atoms with E-state index >= 15 is 0 Å². The second-order valence-corrected chi connectivity index (χ2v) is 8.23. The number of carbonyl (C=O) groups is 1. The van der Waals surface area contributed by atoms with Gasteiger partial charge in [-0.25, -0.2) is 4.98 Å². The van der Waals surface area contributed by atoms with Crippen LogP contribution in [0.5, 0.6) is 5.75 Å². The van der Waals surface area contributed by atoms with Crippen molar-refractivity contribution in [1.29, 1.82) is 0 Å². The summed E-state index contributed by atoms with van der Waals surface area (Å²) >= 11 is 0. The van der Waals surface area contributed by atoms with Crippen LogP contribution in [0.15, 0.2) is 78.9 Å². The zero-order valence-electron chi connectivity index (χ0n) is 19.3. The van der Waals surface area contributed by atoms with Gasteiger partial charge in [-0.3, -0.25) is 4.79 Å². The van der Waals surface area contributed by atoms with E-state index in [9.17, 15) is 4.79 Å². The Morgan fingerprint density at radius 2 is 1.82 bits per heavy atom. The number of aryl methyl sites for hydroxylation is 2. The summed E-state index contributed by atoms with van der Waals surface area (Å²) in [7, 11) is 0. The van der Waals surface area contributed by atoms with E-state index in [4.69, 9.17) is 9.72 Å². The Balaban J connectivity index is 1.48. The number of nitrogens with zero attached hydrogens (tertiary/aromatic N) is 2. The van der Waals surface area contributed by atoms with Crippen LogP contribution in [0.3, 0.4) is 0 Å². The summed E-state index contributed by atoms with van der Waals surface area (Å²) < 4.78 is 7.91. The molecule has 33 heavy (non-hydrogen) atoms. The lowest BCUT2D eigenvalue weighted by Crippen LogP contribution is -2.32. The van der Waals surface area contributed by atoms with Crippen LogP contribution in [-0.4, -0.2) is 22.1 Å². The van der Waals surface area contributed by atoms with Crippen LogP contribution in [0, 0.1) is 13.8 Å². The topological polar surface area (TPSA) is 56.1 Å². The van der Waals surface area contributed by atoms with Gasteiger partial charge < -0.3 is 14.6 Å². The molecule has 3 aromatic carbocycles. The van der Waals surface area contributed by atoms with Crippen LogP contribution in [0.4, 0.5) is 0 Å². The number of amides is 1. The zero-order valence-corrected chi connectivity index (χ0v) is 19.3. The molecular formula is C28H29N3O2. The van der Waals surface area contributed by atoms with Crippen molar-refractivity contribution in [1.82, 2.24) is 14.9 Å². The monoisotopic (exact) mass is 439 g/mol. The van der Waals surface area contributed by atoms with E-state index in [2.05, 4.69) is 40.2 Å². The number of imidazole rings is 1. The van der Waals surface area contributed by atoms with E-state index in [1.165, 1.54) is 0 Å². The Labute approximate surface area is 194 Å². The standard InChI is InChI=1S/C28H29N3O2/c1-20-15-16-21(2)26(18-20)33-19-27(32)29-22(3)28-30-24-13-7-8-14-25(24)31(28)17-9-12-23-10-5-4-6-11-23/h4-16,18,22H,17,19H2,1-3H3,(H,29,32)/b12-9+. The Morgan fingerprint density at radius 3 is 2.64 bits per heavy atom. The molecule has 5 heteroatoms. The molecule has 0 aliphatic heterocycles. The van der Waals surface area contributed by atoms with E-state index in [1.807, 2.05) is 75.4 Å². The number of nitrogens with one attached hydrogen (secondary N) is 1. The van der Waals surface area contributed by atoms with E-state index in [1.54, 1.807) is 0 Å². The number of allylic oxidation sites excluding steroid dienone is 1. The van der Waals surface area contributed by atoms with Crippen molar-refractivity contribution in [3.8, 4) is 5.75 Å². The van der Waals surface area contributed by atoms with Gasteiger partial charge in [0.15, 0.2) is 6.61 Å². The fourth-order valence-corrected chi connectivity index (χ4v) is 3.83. The first-order valence-electron chi connectivity index (χ1n) is 11.2. The van der Waals surface area contributed by atoms with Gasteiger partial charge in [0.2, 0.25) is 0 Å². The third-order valence-electron chi connectivity index (χ3n) is 5.55. The highest BCUT2D eigenvalue weighted by molar-refractivity contribution is 5.79. The number of aromatic nitrogens is 2. The van der Waals surface area contributed by atoms with Gasteiger partial charge in [-0.2, -0.15) is 0 Å². The molecule has 0 aliphatic rings. The second kappa shape index (κ2) is 10.2. The van der Waals surface area contributed by atoms with Gasteiger partial charge in [0.1, 0.15) is 11.6 Å². The average Bonchev–Trinajstić information content (AvgIpc) is 3.19. The molecule has 0 saturated heterocycles. The SMILES string of the molecule is Cc1ccc(C)c(OCC(=O)NC(C)c2nc3ccccc3n2C/C=C/c2ccccc2)c1. The Kier molecular flexibility index (Phi) is 6.89. The average molecular weight is 440 g/mol. The molecule has 0 spiro atoms. The third kappa shape index (κ3) is 5.50. The molecule has 1 unspecified atom stereocenters. The lowest BCUT2D eigenvalue weighted by atomic mass is 10.1. The molecule has 0 radical (unpaired) electrons. The van der Waals surface area contributed by atoms with Gasteiger partial charge in [-0.1, -0.05) is 66.7 Å². The number of hydrogen-bond acceptors (Lipinski definition) is 3. The maximum atomic E-state index is 12.6. The summed E-state index contributed by atoms with van der Waals surface area (Å²) in [6.45, 7) is 6.55. The van der Waals surface area contributed by atoms with Crippen LogP contribution in [0.1, 0.15) is 35.5 Å². The number of rotatable bonds is 8. The van der Waals surface area contributed by atoms with E-state index in [0.29, 0.717) is 6.54 Å². The van der Waals surface area contributed by atoms with Gasteiger partial charge in [0.25, 0.3) is 5.91 Å². The summed E-state index contributed by atoms with van der Waals surface area (Å²) in [6.07, 6.45) is 4.21. The Bertz CT molecular complexity index is 1280. The van der Waals surface area contributed by atoms with Gasteiger partial charge in [-0.05, 0) is 55.7 Å². The summed E-state index contributed by atoms with van der Waals surface area (Å²) in [4.78, 5) is 17.4. The highest BCUT2D eigenvalue weighted by Crippen LogP contribution is 2.22. The van der Waals surface area contributed by atoms with Crippen LogP contribution < -0.4 is 10.1 Å². The first kappa shape index (κ1) is 22.3.